The highest BCUT2D eigenvalue weighted by Gasteiger charge is 2.53. The Kier molecular flexibility index (Phi) is 16.2. The van der Waals surface area contributed by atoms with Gasteiger partial charge in [0.2, 0.25) is 0 Å². The van der Waals surface area contributed by atoms with Crippen LogP contribution in [0, 0.1) is 23.7 Å². The van der Waals surface area contributed by atoms with Crippen LogP contribution >= 0.6 is 0 Å². The molecule has 3 aliphatic rings. The summed E-state index contributed by atoms with van der Waals surface area (Å²) >= 11 is 0. The number of nitrogens with zero attached hydrogens (tertiary/aromatic N) is 4. The number of aliphatic hydroxyl groups is 5. The fourth-order valence-corrected chi connectivity index (χ4v) is 9.30. The van der Waals surface area contributed by atoms with Gasteiger partial charge in [0.15, 0.2) is 12.6 Å². The van der Waals surface area contributed by atoms with E-state index in [1.807, 2.05) is 25.1 Å². The Morgan fingerprint density at radius 3 is 2.22 bits per heavy atom. The Morgan fingerprint density at radius 2 is 1.64 bits per heavy atom. The largest absolute Gasteiger partial charge is 0.459 e. The maximum Gasteiger partial charge on any atom is 0.311 e. The van der Waals surface area contributed by atoms with E-state index in [2.05, 4.69) is 10.3 Å². The van der Waals surface area contributed by atoms with E-state index in [4.69, 9.17) is 28.4 Å². The third-order valence-corrected chi connectivity index (χ3v) is 13.1. The van der Waals surface area contributed by atoms with E-state index in [-0.39, 0.29) is 25.4 Å². The van der Waals surface area contributed by atoms with Crippen molar-refractivity contribution in [1.29, 1.82) is 0 Å². The van der Waals surface area contributed by atoms with Crippen molar-refractivity contribution in [1.82, 2.24) is 19.8 Å². The van der Waals surface area contributed by atoms with Crippen LogP contribution in [0.3, 0.4) is 0 Å². The van der Waals surface area contributed by atoms with E-state index in [9.17, 15) is 35.1 Å². The van der Waals surface area contributed by atoms with Gasteiger partial charge in [-0.2, -0.15) is 0 Å². The second kappa shape index (κ2) is 19.3. The number of carbonyl (C=O) groups is 2. The van der Waals surface area contributed by atoms with Crippen molar-refractivity contribution in [2.75, 3.05) is 20.7 Å². The molecule has 17 nitrogen and oxygen atoms in total. The van der Waals surface area contributed by atoms with Crippen LogP contribution in [0.4, 0.5) is 0 Å². The summed E-state index contributed by atoms with van der Waals surface area (Å²) in [7, 11) is 5.18. The normalized spacial score (nSPS) is 45.2. The standard InChI is InChI=1S/C40H71BN4O13/c1-13-28-40(10,52)33(48)22(4)30(46)20(2)17-38(8,51)35(58-37-31(47)27(16-21(3)54-37)44(11)15-14-26-19-45(41)43-42-26)23(5)32(24(6)36(50)56-28)57-29-18-39(9,53-12)34(49)25(7)55-29/h19-25,27-29,31-35,37,47-49,51-52H,13-18,41H2,1-12H3/t20-,21-,22+,23+,24-,25+,27+,28-,29+,31-,32+,33-,34+,35-,37+,38-,39-,40-/m1/s1. The van der Waals surface area contributed by atoms with E-state index in [0.717, 1.165) is 5.69 Å². The third-order valence-electron chi connectivity index (χ3n) is 13.1. The molecule has 4 heterocycles. The number of aromatic nitrogens is 3. The van der Waals surface area contributed by atoms with Gasteiger partial charge >= 0.3 is 5.97 Å². The molecule has 1 aromatic heterocycles. The summed E-state index contributed by atoms with van der Waals surface area (Å²) in [4.78, 5) is 30.2. The molecule has 0 radical (unpaired) electrons. The molecule has 5 N–H and O–H groups in total. The summed E-state index contributed by atoms with van der Waals surface area (Å²) in [5.74, 6) is -5.11. The summed E-state index contributed by atoms with van der Waals surface area (Å²) in [6.45, 7) is 16.9. The molecule has 3 fully saturated rings. The van der Waals surface area contributed by atoms with Crippen molar-refractivity contribution in [2.45, 2.75) is 186 Å². The topological polar surface area (TPSA) is 225 Å². The monoisotopic (exact) mass is 827 g/mol. The van der Waals surface area contributed by atoms with Crippen LogP contribution in [0.5, 0.6) is 0 Å². The zero-order valence-corrected chi connectivity index (χ0v) is 36.8. The minimum atomic E-state index is -2.01. The lowest BCUT2D eigenvalue weighted by Crippen LogP contribution is -2.61. The first-order chi connectivity index (χ1) is 26.9. The molecule has 332 valence electrons. The average Bonchev–Trinajstić information content (AvgIpc) is 3.59. The highest BCUT2D eigenvalue weighted by Crippen LogP contribution is 2.41. The Labute approximate surface area is 344 Å². The molecule has 1 aromatic rings. The summed E-state index contributed by atoms with van der Waals surface area (Å²) < 4.78 is 39.2. The fraction of sp³-hybridized carbons (Fsp3) is 0.900. The van der Waals surface area contributed by atoms with Crippen LogP contribution in [-0.4, -0.2) is 170 Å². The predicted octanol–water partition coefficient (Wildman–Crippen LogP) is 0.386. The van der Waals surface area contributed by atoms with Gasteiger partial charge in [0.25, 0.3) is 7.98 Å². The van der Waals surface area contributed by atoms with E-state index >= 15 is 0 Å². The highest BCUT2D eigenvalue weighted by molar-refractivity contribution is 6.05. The average molecular weight is 827 g/mol. The minimum absolute atomic E-state index is 0.0777. The molecule has 0 spiro atoms. The highest BCUT2D eigenvalue weighted by atomic mass is 16.7. The summed E-state index contributed by atoms with van der Waals surface area (Å²) in [6, 6.07) is -0.415. The Balaban J connectivity index is 1.77. The summed E-state index contributed by atoms with van der Waals surface area (Å²) in [5, 5.41) is 66.7. The second-order valence-corrected chi connectivity index (χ2v) is 18.1. The quantitative estimate of drug-likeness (QED) is 0.159. The summed E-state index contributed by atoms with van der Waals surface area (Å²) in [5.41, 5.74) is -4.12. The van der Waals surface area contributed by atoms with Gasteiger partial charge in [-0.05, 0) is 67.9 Å². The Morgan fingerprint density at radius 1 is 0.983 bits per heavy atom. The molecule has 0 amide bonds. The van der Waals surface area contributed by atoms with E-state index in [1.165, 1.54) is 27.9 Å². The van der Waals surface area contributed by atoms with Crippen molar-refractivity contribution in [2.24, 2.45) is 23.7 Å². The van der Waals surface area contributed by atoms with Crippen molar-refractivity contribution < 1.29 is 63.5 Å². The van der Waals surface area contributed by atoms with Crippen molar-refractivity contribution >= 4 is 19.7 Å². The lowest BCUT2D eigenvalue weighted by atomic mass is 9.74. The number of rotatable bonds is 10. The SMILES string of the molecule is Bn1cc(CCN(C)[C@H]2C[C@@H](C)O[C@@H](O[C@@H]3[C@@H](C)[C@H](O[C@H]4C[C@@](C)(OC)[C@@H](O)[C@H](C)O4)[C@@H](C)C(=O)O[C@H](CC)[C@@](C)(O)[C@H](O)[C@@H](C)C(=O)[C@H](C)C[C@@]3(C)O)[C@@H]2O)nn1. The van der Waals surface area contributed by atoms with Gasteiger partial charge in [-0.15, -0.1) is 5.10 Å². The van der Waals surface area contributed by atoms with Gasteiger partial charge in [0.1, 0.15) is 29.7 Å². The van der Waals surface area contributed by atoms with Gasteiger partial charge < -0.3 is 63.4 Å². The first-order valence-electron chi connectivity index (χ1n) is 20.8. The molecule has 4 rings (SSSR count). The van der Waals surface area contributed by atoms with Crippen LogP contribution in [0.25, 0.3) is 0 Å². The zero-order chi connectivity index (χ0) is 43.7. The van der Waals surface area contributed by atoms with Crippen LogP contribution < -0.4 is 0 Å². The third kappa shape index (κ3) is 10.7. The molecule has 0 saturated carbocycles. The number of ketones is 1. The molecule has 58 heavy (non-hydrogen) atoms. The smallest absolute Gasteiger partial charge is 0.311 e. The van der Waals surface area contributed by atoms with Crippen molar-refractivity contribution in [3.63, 3.8) is 0 Å². The van der Waals surface area contributed by atoms with Gasteiger partial charge in [0, 0.05) is 56.5 Å². The molecule has 18 atom stereocenters. The number of ether oxygens (including phenoxy) is 6. The number of cyclic esters (lactones) is 1. The number of esters is 1. The number of hydrogen-bond acceptors (Lipinski definition) is 16. The molecule has 0 unspecified atom stereocenters. The molecule has 3 saturated heterocycles. The lowest BCUT2D eigenvalue weighted by Gasteiger charge is -2.49. The molecule has 0 aliphatic carbocycles. The number of methoxy groups -OCH3 is 1. The molecule has 0 aromatic carbocycles. The maximum absolute atomic E-state index is 14.2. The second-order valence-electron chi connectivity index (χ2n) is 18.1. The Bertz CT molecular complexity index is 1520. The van der Waals surface area contributed by atoms with Crippen LogP contribution in [-0.2, 0) is 44.4 Å². The first kappa shape index (κ1) is 48.6. The molecule has 0 bridgehead atoms. The molecule has 18 heteroatoms. The predicted molar refractivity (Wildman–Crippen MR) is 213 cm³/mol. The number of Topliss-reactive ketones (excluding diaryl/α,β-unsaturated/α-hetero) is 1. The van der Waals surface area contributed by atoms with E-state index < -0.39 is 114 Å². The fourth-order valence-electron chi connectivity index (χ4n) is 9.30. The van der Waals surface area contributed by atoms with Crippen LogP contribution in [0.2, 0.25) is 0 Å². The summed E-state index contributed by atoms with van der Waals surface area (Å²) in [6.07, 6.45) is -7.76. The van der Waals surface area contributed by atoms with Crippen LogP contribution in [0.15, 0.2) is 6.20 Å². The lowest BCUT2D eigenvalue weighted by molar-refractivity contribution is -0.318. The number of likely N-dealkylation sites (N-methyl/N-ethyl adjacent to an activating group) is 1. The van der Waals surface area contributed by atoms with Crippen molar-refractivity contribution in [3.8, 4) is 0 Å². The maximum atomic E-state index is 14.2. The molecule has 3 aliphatic heterocycles. The molecular weight excluding hydrogens is 755 g/mol. The van der Waals surface area contributed by atoms with Gasteiger partial charge in [-0.25, -0.2) is 0 Å². The van der Waals surface area contributed by atoms with Crippen molar-refractivity contribution in [3.05, 3.63) is 11.9 Å². The number of carbonyl (C=O) groups excluding carboxylic acids is 2. The van der Waals surface area contributed by atoms with E-state index in [1.54, 1.807) is 54.1 Å². The Hall–Kier alpha value is -2.10. The number of aliphatic hydroxyl groups excluding tert-OH is 3. The minimum Gasteiger partial charge on any atom is -0.459 e. The van der Waals surface area contributed by atoms with Gasteiger partial charge in [-0.3, -0.25) is 9.59 Å². The van der Waals surface area contributed by atoms with Crippen LogP contribution in [0.1, 0.15) is 101 Å². The zero-order valence-electron chi connectivity index (χ0n) is 36.8. The van der Waals surface area contributed by atoms with Gasteiger partial charge in [0.05, 0.1) is 53.3 Å². The molecular formula is C40H71BN4O13. The van der Waals surface area contributed by atoms with E-state index in [0.29, 0.717) is 19.4 Å². The first-order valence-corrected chi connectivity index (χ1v) is 20.8. The number of hydrogen-bond donors (Lipinski definition) is 5. The van der Waals surface area contributed by atoms with Gasteiger partial charge in [-0.1, -0.05) is 32.9 Å².